The number of carbonyl (C=O) groups excluding carboxylic acids is 1. The molecule has 0 aromatic heterocycles. The molecule has 0 saturated heterocycles. The Morgan fingerprint density at radius 1 is 1.18 bits per heavy atom. The van der Waals surface area contributed by atoms with Crippen LogP contribution < -0.4 is 4.72 Å². The third kappa shape index (κ3) is 2.89. The van der Waals surface area contributed by atoms with Gasteiger partial charge in [-0.25, -0.2) is 0 Å². The van der Waals surface area contributed by atoms with Gasteiger partial charge in [0.25, 0.3) is 0 Å². The highest BCUT2D eigenvalue weighted by atomic mass is 32.2. The second kappa shape index (κ2) is 5.07. The lowest BCUT2D eigenvalue weighted by molar-refractivity contribution is -0.118. The topological polar surface area (TPSA) is 69.2 Å². The summed E-state index contributed by atoms with van der Waals surface area (Å²) in [5, 5.41) is 1.99. The van der Waals surface area contributed by atoms with E-state index in [-0.39, 0.29) is 6.42 Å². The van der Waals surface area contributed by atoms with E-state index in [1.807, 2.05) is 47.2 Å². The molecule has 0 radical (unpaired) electrons. The van der Waals surface area contributed by atoms with Crippen molar-refractivity contribution in [1.29, 1.82) is 0 Å². The molecule has 1 atom stereocenters. The van der Waals surface area contributed by atoms with E-state index >= 15 is 0 Å². The van der Waals surface area contributed by atoms with Gasteiger partial charge >= 0.3 is 0 Å². The van der Waals surface area contributed by atoms with E-state index in [1.165, 1.54) is 0 Å². The maximum Gasteiger partial charge on any atom is 0.235 e. The number of rotatable bonds is 3. The lowest BCUT2D eigenvalue weighted by Gasteiger charge is -2.08. The zero-order valence-electron chi connectivity index (χ0n) is 8.88. The molecule has 1 amide bonds. The molecule has 2 aromatic rings. The Bertz CT molecular complexity index is 577. The van der Waals surface area contributed by atoms with Crippen LogP contribution in [0.25, 0.3) is 10.8 Å². The van der Waals surface area contributed by atoms with Crippen molar-refractivity contribution in [3.63, 3.8) is 0 Å². The minimum Gasteiger partial charge on any atom is -0.755 e. The summed E-state index contributed by atoms with van der Waals surface area (Å²) in [6.07, 6.45) is 0.0509. The molecule has 4 nitrogen and oxygen atoms in total. The van der Waals surface area contributed by atoms with Crippen LogP contribution in [0.15, 0.2) is 42.5 Å². The van der Waals surface area contributed by atoms with E-state index in [0.29, 0.717) is 0 Å². The van der Waals surface area contributed by atoms with Crippen LogP contribution in [0.1, 0.15) is 5.56 Å². The van der Waals surface area contributed by atoms with Gasteiger partial charge < -0.3 is 4.55 Å². The first-order valence-corrected chi connectivity index (χ1v) is 6.09. The number of nitrogens with one attached hydrogen (secondary N) is 1. The Labute approximate surface area is 101 Å². The van der Waals surface area contributed by atoms with Crippen LogP contribution >= 0.6 is 0 Å². The fraction of sp³-hybridized carbons (Fsp3) is 0.0833. The Hall–Kier alpha value is -1.72. The number of hydrogen-bond donors (Lipinski definition) is 1. The van der Waals surface area contributed by atoms with Crippen LogP contribution in [0, 0.1) is 0 Å². The van der Waals surface area contributed by atoms with Gasteiger partial charge in [0.15, 0.2) is 0 Å². The molecule has 2 aromatic carbocycles. The first kappa shape index (κ1) is 11.8. The normalized spacial score (nSPS) is 12.3. The lowest BCUT2D eigenvalue weighted by Crippen LogP contribution is -2.26. The van der Waals surface area contributed by atoms with Crippen molar-refractivity contribution in [3.8, 4) is 0 Å². The predicted octanol–water partition coefficient (Wildman–Crippen LogP) is 1.29. The molecule has 1 unspecified atom stereocenters. The Morgan fingerprint density at radius 2 is 1.88 bits per heavy atom. The van der Waals surface area contributed by atoms with Crippen LogP contribution in [0.5, 0.6) is 0 Å². The van der Waals surface area contributed by atoms with Crippen molar-refractivity contribution in [3.05, 3.63) is 48.0 Å². The zero-order chi connectivity index (χ0) is 12.3. The van der Waals surface area contributed by atoms with Gasteiger partial charge in [-0.05, 0) is 16.3 Å². The van der Waals surface area contributed by atoms with Crippen molar-refractivity contribution in [2.24, 2.45) is 0 Å². The summed E-state index contributed by atoms with van der Waals surface area (Å²) < 4.78 is 22.5. The molecule has 2 rings (SSSR count). The summed E-state index contributed by atoms with van der Waals surface area (Å²) in [7, 11) is 0. The van der Waals surface area contributed by atoms with Gasteiger partial charge in [0.05, 0.1) is 6.42 Å². The molecule has 0 aliphatic heterocycles. The third-order valence-corrected chi connectivity index (χ3v) is 2.82. The Balaban J connectivity index is 2.30. The fourth-order valence-electron chi connectivity index (χ4n) is 1.75. The molecular formula is C12H10NO3S-. The summed E-state index contributed by atoms with van der Waals surface area (Å²) in [6.45, 7) is 0. The number of hydrogen-bond acceptors (Lipinski definition) is 3. The summed E-state index contributed by atoms with van der Waals surface area (Å²) in [5.74, 6) is -0.533. The first-order valence-electron chi connectivity index (χ1n) is 5.02. The summed E-state index contributed by atoms with van der Waals surface area (Å²) in [5.41, 5.74) is 0.811. The van der Waals surface area contributed by atoms with E-state index in [2.05, 4.69) is 0 Å². The summed E-state index contributed by atoms with van der Waals surface area (Å²) in [6, 6.07) is 13.3. The number of amides is 1. The zero-order valence-corrected chi connectivity index (χ0v) is 9.70. The van der Waals surface area contributed by atoms with Crippen molar-refractivity contribution in [1.82, 2.24) is 4.72 Å². The van der Waals surface area contributed by atoms with Gasteiger partial charge in [-0.2, -0.15) is 0 Å². The minimum absolute atomic E-state index is 0.0509. The molecule has 0 saturated carbocycles. The van der Waals surface area contributed by atoms with Crippen LogP contribution in [-0.2, 0) is 22.5 Å². The molecule has 1 N–H and O–H groups in total. The minimum atomic E-state index is -2.55. The molecule has 0 aliphatic rings. The molecule has 0 aliphatic carbocycles. The molecular weight excluding hydrogens is 238 g/mol. The summed E-state index contributed by atoms with van der Waals surface area (Å²) in [4.78, 5) is 11.4. The summed E-state index contributed by atoms with van der Waals surface area (Å²) >= 11 is -2.55. The number of benzene rings is 2. The standard InChI is InChI=1S/C12H11NO3S/c14-12(13-17(15)16)8-10-6-3-5-9-4-1-2-7-11(9)10/h1-7H,8H2,(H,13,14)(H,15,16)/p-1. The average Bonchev–Trinajstić information content (AvgIpc) is 2.28. The third-order valence-electron chi connectivity index (χ3n) is 2.43. The number of carbonyl (C=O) groups is 1. The molecule has 0 heterocycles. The molecule has 0 bridgehead atoms. The highest BCUT2D eigenvalue weighted by molar-refractivity contribution is 7.77. The SMILES string of the molecule is O=C(Cc1cccc2ccccc12)NS(=O)[O-]. The van der Waals surface area contributed by atoms with Gasteiger partial charge in [-0.15, -0.1) is 0 Å². The van der Waals surface area contributed by atoms with Gasteiger partial charge in [0.2, 0.25) is 5.91 Å². The number of fused-ring (bicyclic) bond motifs is 1. The molecule has 88 valence electrons. The highest BCUT2D eigenvalue weighted by Gasteiger charge is 2.06. The van der Waals surface area contributed by atoms with E-state index in [9.17, 15) is 13.6 Å². The van der Waals surface area contributed by atoms with E-state index in [0.717, 1.165) is 16.3 Å². The van der Waals surface area contributed by atoms with Gasteiger partial charge in [0, 0.05) is 11.3 Å². The van der Waals surface area contributed by atoms with Crippen LogP contribution in [0.4, 0.5) is 0 Å². The Kier molecular flexibility index (Phi) is 3.51. The fourth-order valence-corrected chi connectivity index (χ4v) is 2.01. The van der Waals surface area contributed by atoms with Gasteiger partial charge in [0.1, 0.15) is 0 Å². The maximum absolute atomic E-state index is 11.4. The lowest BCUT2D eigenvalue weighted by atomic mass is 10.0. The van der Waals surface area contributed by atoms with E-state index < -0.39 is 17.2 Å². The molecule has 0 fully saturated rings. The van der Waals surface area contributed by atoms with E-state index in [4.69, 9.17) is 0 Å². The van der Waals surface area contributed by atoms with Crippen LogP contribution in [0.2, 0.25) is 0 Å². The average molecular weight is 248 g/mol. The largest absolute Gasteiger partial charge is 0.755 e. The highest BCUT2D eigenvalue weighted by Crippen LogP contribution is 2.18. The van der Waals surface area contributed by atoms with Crippen molar-refractivity contribution in [2.75, 3.05) is 0 Å². The quantitative estimate of drug-likeness (QED) is 0.832. The first-order chi connectivity index (χ1) is 8.16. The second-order valence-electron chi connectivity index (χ2n) is 3.57. The second-order valence-corrected chi connectivity index (χ2v) is 4.25. The van der Waals surface area contributed by atoms with Gasteiger partial charge in [-0.3, -0.25) is 13.7 Å². The van der Waals surface area contributed by atoms with Gasteiger partial charge in [-0.1, -0.05) is 42.5 Å². The van der Waals surface area contributed by atoms with Crippen molar-refractivity contribution in [2.45, 2.75) is 6.42 Å². The predicted molar refractivity (Wildman–Crippen MR) is 64.7 cm³/mol. The maximum atomic E-state index is 11.4. The van der Waals surface area contributed by atoms with Crippen LogP contribution in [-0.4, -0.2) is 14.7 Å². The molecule has 17 heavy (non-hydrogen) atoms. The monoisotopic (exact) mass is 248 g/mol. The molecule has 5 heteroatoms. The Morgan fingerprint density at radius 3 is 2.65 bits per heavy atom. The van der Waals surface area contributed by atoms with Crippen molar-refractivity contribution >= 4 is 27.9 Å². The smallest absolute Gasteiger partial charge is 0.235 e. The molecule has 0 spiro atoms. The van der Waals surface area contributed by atoms with E-state index in [1.54, 1.807) is 0 Å². The van der Waals surface area contributed by atoms with Crippen LogP contribution in [0.3, 0.4) is 0 Å². The van der Waals surface area contributed by atoms with Crippen molar-refractivity contribution < 1.29 is 13.6 Å².